The Kier molecular flexibility index (Phi) is 4.96. The predicted molar refractivity (Wildman–Crippen MR) is 78.8 cm³/mol. The number of aromatic nitrogens is 1. The molecular formula is C14H20N2O2S. The van der Waals surface area contributed by atoms with E-state index in [1.807, 2.05) is 0 Å². The van der Waals surface area contributed by atoms with Gasteiger partial charge in [-0.2, -0.15) is 0 Å². The Labute approximate surface area is 117 Å². The lowest BCUT2D eigenvalue weighted by atomic mass is 10.2. The molecule has 1 aliphatic rings. The van der Waals surface area contributed by atoms with Crippen molar-refractivity contribution in [1.82, 2.24) is 4.98 Å². The molecule has 0 radical (unpaired) electrons. The van der Waals surface area contributed by atoms with E-state index in [0.29, 0.717) is 0 Å². The second-order valence-electron chi connectivity index (χ2n) is 4.73. The van der Waals surface area contributed by atoms with Gasteiger partial charge in [0, 0.05) is 19.2 Å². The number of thiazole rings is 1. The Morgan fingerprint density at radius 3 is 2.63 bits per heavy atom. The maximum Gasteiger partial charge on any atom is 0.328 e. The molecule has 0 spiro atoms. The molecule has 0 saturated carbocycles. The summed E-state index contributed by atoms with van der Waals surface area (Å²) in [5.41, 5.74) is 1.00. The summed E-state index contributed by atoms with van der Waals surface area (Å²) in [6.07, 6.45) is 8.74. The van der Waals surface area contributed by atoms with Crippen LogP contribution in [0.25, 0.3) is 6.08 Å². The monoisotopic (exact) mass is 280 g/mol. The van der Waals surface area contributed by atoms with Crippen LogP contribution < -0.4 is 4.90 Å². The first-order valence-electron chi connectivity index (χ1n) is 6.86. The number of carboxylic acids is 1. The maximum absolute atomic E-state index is 10.6. The van der Waals surface area contributed by atoms with Crippen molar-refractivity contribution in [1.29, 1.82) is 0 Å². The molecule has 1 aromatic heterocycles. The number of aryl methyl sites for hydroxylation is 1. The number of anilines is 1. The van der Waals surface area contributed by atoms with E-state index in [0.717, 1.165) is 35.2 Å². The first kappa shape index (κ1) is 14.1. The van der Waals surface area contributed by atoms with E-state index in [9.17, 15) is 4.79 Å². The minimum atomic E-state index is -0.910. The summed E-state index contributed by atoms with van der Waals surface area (Å²) < 4.78 is 0. The Balaban J connectivity index is 2.19. The van der Waals surface area contributed by atoms with Crippen molar-refractivity contribution in [2.24, 2.45) is 0 Å². The van der Waals surface area contributed by atoms with Crippen molar-refractivity contribution in [3.05, 3.63) is 16.6 Å². The van der Waals surface area contributed by atoms with Gasteiger partial charge in [0.2, 0.25) is 0 Å². The quantitative estimate of drug-likeness (QED) is 0.861. The predicted octanol–water partition coefficient (Wildman–Crippen LogP) is 3.18. The molecule has 2 rings (SSSR count). The first-order valence-corrected chi connectivity index (χ1v) is 7.68. The number of rotatable bonds is 4. The molecule has 0 unspecified atom stereocenters. The molecule has 1 aliphatic heterocycles. The molecule has 0 aromatic carbocycles. The Morgan fingerprint density at radius 1 is 1.37 bits per heavy atom. The highest BCUT2D eigenvalue weighted by Crippen LogP contribution is 2.29. The molecule has 1 aromatic rings. The van der Waals surface area contributed by atoms with Gasteiger partial charge in [0.25, 0.3) is 0 Å². The number of carboxylic acid groups (broad SMARTS) is 1. The average molecular weight is 280 g/mol. The highest BCUT2D eigenvalue weighted by Gasteiger charge is 2.15. The number of hydrogen-bond donors (Lipinski definition) is 1. The van der Waals surface area contributed by atoms with Gasteiger partial charge < -0.3 is 10.0 Å². The number of hydrogen-bond acceptors (Lipinski definition) is 4. The normalized spacial score (nSPS) is 16.8. The van der Waals surface area contributed by atoms with Gasteiger partial charge in [-0.3, -0.25) is 0 Å². The Hall–Kier alpha value is -1.36. The summed E-state index contributed by atoms with van der Waals surface area (Å²) in [5.74, 6) is -0.910. The molecule has 0 amide bonds. The number of carbonyl (C=O) groups is 1. The molecule has 0 bridgehead atoms. The van der Waals surface area contributed by atoms with Crippen LogP contribution in [0.5, 0.6) is 0 Å². The molecule has 0 aliphatic carbocycles. The van der Waals surface area contributed by atoms with Crippen LogP contribution in [0.4, 0.5) is 5.13 Å². The van der Waals surface area contributed by atoms with Crippen LogP contribution in [-0.4, -0.2) is 29.1 Å². The fourth-order valence-corrected chi connectivity index (χ4v) is 3.39. The topological polar surface area (TPSA) is 53.4 Å². The van der Waals surface area contributed by atoms with Crippen molar-refractivity contribution >= 4 is 28.5 Å². The lowest BCUT2D eigenvalue weighted by molar-refractivity contribution is -0.131. The van der Waals surface area contributed by atoms with E-state index in [1.165, 1.54) is 31.8 Å². The first-order chi connectivity index (χ1) is 9.20. The van der Waals surface area contributed by atoms with Gasteiger partial charge in [0.15, 0.2) is 5.13 Å². The minimum absolute atomic E-state index is 0.837. The zero-order chi connectivity index (χ0) is 13.7. The van der Waals surface area contributed by atoms with Crippen molar-refractivity contribution in [3.63, 3.8) is 0 Å². The van der Waals surface area contributed by atoms with Crippen LogP contribution in [0.1, 0.15) is 43.2 Å². The van der Waals surface area contributed by atoms with Gasteiger partial charge in [-0.15, -0.1) is 0 Å². The van der Waals surface area contributed by atoms with Crippen LogP contribution in [0.2, 0.25) is 0 Å². The van der Waals surface area contributed by atoms with Crippen LogP contribution in [-0.2, 0) is 11.2 Å². The van der Waals surface area contributed by atoms with E-state index >= 15 is 0 Å². The molecule has 2 heterocycles. The van der Waals surface area contributed by atoms with Crippen molar-refractivity contribution in [2.45, 2.75) is 39.0 Å². The van der Waals surface area contributed by atoms with E-state index in [4.69, 9.17) is 5.11 Å². The minimum Gasteiger partial charge on any atom is -0.478 e. The molecule has 4 nitrogen and oxygen atoms in total. The summed E-state index contributed by atoms with van der Waals surface area (Å²) >= 11 is 1.61. The van der Waals surface area contributed by atoms with Gasteiger partial charge in [0.05, 0.1) is 10.6 Å². The third-order valence-electron chi connectivity index (χ3n) is 3.31. The van der Waals surface area contributed by atoms with E-state index in [-0.39, 0.29) is 0 Å². The molecule has 1 fully saturated rings. The van der Waals surface area contributed by atoms with Gasteiger partial charge in [-0.1, -0.05) is 31.1 Å². The molecule has 19 heavy (non-hydrogen) atoms. The number of nitrogens with zero attached hydrogens (tertiary/aromatic N) is 2. The molecular weight excluding hydrogens is 260 g/mol. The highest BCUT2D eigenvalue weighted by molar-refractivity contribution is 7.16. The Bertz CT molecular complexity index is 460. The second-order valence-corrected chi connectivity index (χ2v) is 5.74. The van der Waals surface area contributed by atoms with Gasteiger partial charge in [-0.05, 0) is 25.3 Å². The molecule has 0 atom stereocenters. The van der Waals surface area contributed by atoms with Crippen LogP contribution in [0, 0.1) is 0 Å². The van der Waals surface area contributed by atoms with Crippen molar-refractivity contribution in [2.75, 3.05) is 18.0 Å². The van der Waals surface area contributed by atoms with Gasteiger partial charge in [0.1, 0.15) is 0 Å². The molecule has 1 saturated heterocycles. The lowest BCUT2D eigenvalue weighted by Gasteiger charge is -2.18. The summed E-state index contributed by atoms with van der Waals surface area (Å²) in [6.45, 7) is 4.19. The second kappa shape index (κ2) is 6.70. The van der Waals surface area contributed by atoms with E-state index < -0.39 is 5.97 Å². The fourth-order valence-electron chi connectivity index (χ4n) is 2.28. The summed E-state index contributed by atoms with van der Waals surface area (Å²) in [7, 11) is 0. The molecule has 104 valence electrons. The third kappa shape index (κ3) is 3.80. The van der Waals surface area contributed by atoms with E-state index in [2.05, 4.69) is 16.8 Å². The molecule has 1 N–H and O–H groups in total. The smallest absolute Gasteiger partial charge is 0.328 e. The standard InChI is InChI=1S/C14H20N2O2S/c1-2-11-12(7-8-13(17)18)19-14(15-11)16-9-5-3-4-6-10-16/h7-8H,2-6,9-10H2,1H3,(H,17,18)/b8-7+. The van der Waals surface area contributed by atoms with Gasteiger partial charge >= 0.3 is 5.97 Å². The van der Waals surface area contributed by atoms with Crippen molar-refractivity contribution < 1.29 is 9.90 Å². The fraction of sp³-hybridized carbons (Fsp3) is 0.571. The maximum atomic E-state index is 10.6. The zero-order valence-corrected chi connectivity index (χ0v) is 12.1. The summed E-state index contributed by atoms with van der Waals surface area (Å²) in [5, 5.41) is 9.76. The van der Waals surface area contributed by atoms with Gasteiger partial charge in [-0.25, -0.2) is 9.78 Å². The average Bonchev–Trinajstić information content (AvgIpc) is 2.61. The lowest BCUT2D eigenvalue weighted by Crippen LogP contribution is -2.23. The third-order valence-corrected chi connectivity index (χ3v) is 4.43. The summed E-state index contributed by atoms with van der Waals surface area (Å²) in [6, 6.07) is 0. The highest BCUT2D eigenvalue weighted by atomic mass is 32.1. The van der Waals surface area contributed by atoms with Crippen LogP contribution in [0.15, 0.2) is 6.08 Å². The molecule has 5 heteroatoms. The largest absolute Gasteiger partial charge is 0.478 e. The SMILES string of the molecule is CCc1nc(N2CCCCCC2)sc1/C=C/C(=O)O. The van der Waals surface area contributed by atoms with Crippen molar-refractivity contribution in [3.8, 4) is 0 Å². The summed E-state index contributed by atoms with van der Waals surface area (Å²) in [4.78, 5) is 18.6. The van der Waals surface area contributed by atoms with E-state index in [1.54, 1.807) is 17.4 Å². The van der Waals surface area contributed by atoms with Crippen LogP contribution >= 0.6 is 11.3 Å². The number of aliphatic carboxylic acids is 1. The Morgan fingerprint density at radius 2 is 2.05 bits per heavy atom. The zero-order valence-electron chi connectivity index (χ0n) is 11.3. The van der Waals surface area contributed by atoms with Crippen LogP contribution in [0.3, 0.4) is 0 Å².